The lowest BCUT2D eigenvalue weighted by atomic mass is 10.1. The zero-order valence-corrected chi connectivity index (χ0v) is 15.3. The van der Waals surface area contributed by atoms with Crippen molar-refractivity contribution in [1.82, 2.24) is 4.98 Å². The molecule has 0 saturated heterocycles. The Morgan fingerprint density at radius 2 is 2.04 bits per heavy atom. The van der Waals surface area contributed by atoms with Crippen molar-refractivity contribution in [3.8, 4) is 5.75 Å². The Morgan fingerprint density at radius 3 is 2.72 bits per heavy atom. The van der Waals surface area contributed by atoms with Gasteiger partial charge in [0.1, 0.15) is 5.75 Å². The summed E-state index contributed by atoms with van der Waals surface area (Å²) in [7, 11) is 1.63. The molecule has 0 radical (unpaired) electrons. The zero-order valence-electron chi connectivity index (χ0n) is 13.7. The van der Waals surface area contributed by atoms with E-state index in [-0.39, 0.29) is 5.91 Å². The Bertz CT molecular complexity index is 835. The van der Waals surface area contributed by atoms with E-state index in [1.54, 1.807) is 30.3 Å². The van der Waals surface area contributed by atoms with Gasteiger partial charge in [-0.05, 0) is 48.4 Å². The number of hydrogen-bond donors (Lipinski definition) is 0. The monoisotopic (exact) mass is 372 g/mol. The number of ether oxygens (including phenoxy) is 1. The lowest BCUT2D eigenvalue weighted by molar-refractivity contribution is -0.117. The van der Waals surface area contributed by atoms with E-state index in [4.69, 9.17) is 16.3 Å². The number of methoxy groups -OCH3 is 1. The molecule has 0 spiro atoms. The summed E-state index contributed by atoms with van der Waals surface area (Å²) in [5.41, 5.74) is 1.82. The number of halogens is 1. The van der Waals surface area contributed by atoms with E-state index in [0.717, 1.165) is 17.0 Å². The van der Waals surface area contributed by atoms with Gasteiger partial charge in [-0.15, -0.1) is 11.3 Å². The standard InChI is InChI=1S/C19H17ClN2O2S/c1-24-17-4-2-3-14(13-17)5-10-18(23)22(19-21-11-12-25-19)16-8-6-15(20)7-9-16/h2-4,6-9,11-13H,5,10H2,1H3. The first-order chi connectivity index (χ1) is 12.2. The molecule has 0 aliphatic rings. The second-order valence-corrected chi connectivity index (χ2v) is 6.68. The Hall–Kier alpha value is -2.37. The molecule has 0 unspecified atom stereocenters. The molecule has 1 heterocycles. The molecule has 4 nitrogen and oxygen atoms in total. The van der Waals surface area contributed by atoms with Crippen LogP contribution in [0.3, 0.4) is 0 Å². The molecule has 3 rings (SSSR count). The van der Waals surface area contributed by atoms with Crippen LogP contribution in [0.2, 0.25) is 5.02 Å². The highest BCUT2D eigenvalue weighted by Crippen LogP contribution is 2.29. The van der Waals surface area contributed by atoms with Gasteiger partial charge in [0.2, 0.25) is 5.91 Å². The Morgan fingerprint density at radius 1 is 1.24 bits per heavy atom. The van der Waals surface area contributed by atoms with Gasteiger partial charge >= 0.3 is 0 Å². The molecule has 0 aliphatic heterocycles. The SMILES string of the molecule is COc1cccc(CCC(=O)N(c2ccc(Cl)cc2)c2nccs2)c1. The van der Waals surface area contributed by atoms with E-state index in [2.05, 4.69) is 4.98 Å². The van der Waals surface area contributed by atoms with Crippen molar-refractivity contribution in [2.75, 3.05) is 12.0 Å². The van der Waals surface area contributed by atoms with Gasteiger partial charge < -0.3 is 4.74 Å². The molecule has 25 heavy (non-hydrogen) atoms. The molecule has 6 heteroatoms. The third-order valence-corrected chi connectivity index (χ3v) is 4.72. The molecule has 0 aliphatic carbocycles. The number of aromatic nitrogens is 1. The van der Waals surface area contributed by atoms with Gasteiger partial charge in [-0.25, -0.2) is 4.98 Å². The number of benzene rings is 2. The van der Waals surface area contributed by atoms with Crippen LogP contribution in [0.5, 0.6) is 5.75 Å². The van der Waals surface area contributed by atoms with Crippen LogP contribution in [0.4, 0.5) is 10.8 Å². The van der Waals surface area contributed by atoms with Gasteiger partial charge in [-0.3, -0.25) is 9.69 Å². The third-order valence-electron chi connectivity index (χ3n) is 3.71. The van der Waals surface area contributed by atoms with Crippen LogP contribution in [0.1, 0.15) is 12.0 Å². The highest BCUT2D eigenvalue weighted by molar-refractivity contribution is 7.13. The first kappa shape index (κ1) is 17.5. The van der Waals surface area contributed by atoms with Crippen molar-refractivity contribution < 1.29 is 9.53 Å². The fourth-order valence-electron chi connectivity index (χ4n) is 2.47. The summed E-state index contributed by atoms with van der Waals surface area (Å²) in [5.74, 6) is 0.777. The number of rotatable bonds is 6. The lowest BCUT2D eigenvalue weighted by Gasteiger charge is -2.20. The Balaban J connectivity index is 1.78. The highest BCUT2D eigenvalue weighted by atomic mass is 35.5. The Labute approximate surface area is 155 Å². The molecular formula is C19H17ClN2O2S. The van der Waals surface area contributed by atoms with E-state index >= 15 is 0 Å². The average molecular weight is 373 g/mol. The molecule has 3 aromatic rings. The molecule has 1 amide bonds. The van der Waals surface area contributed by atoms with E-state index in [1.807, 2.05) is 41.8 Å². The molecule has 0 N–H and O–H groups in total. The Kier molecular flexibility index (Phi) is 5.68. The van der Waals surface area contributed by atoms with E-state index < -0.39 is 0 Å². The highest BCUT2D eigenvalue weighted by Gasteiger charge is 2.20. The van der Waals surface area contributed by atoms with Crippen LogP contribution in [0.15, 0.2) is 60.1 Å². The first-order valence-corrected chi connectivity index (χ1v) is 9.04. The molecule has 0 fully saturated rings. The number of anilines is 2. The van der Waals surface area contributed by atoms with E-state index in [1.165, 1.54) is 11.3 Å². The summed E-state index contributed by atoms with van der Waals surface area (Å²) < 4.78 is 5.23. The van der Waals surface area contributed by atoms with Crippen LogP contribution in [-0.2, 0) is 11.2 Å². The predicted octanol–water partition coefficient (Wildman–Crippen LogP) is 5.10. The maximum atomic E-state index is 12.9. The van der Waals surface area contributed by atoms with Crippen molar-refractivity contribution in [2.45, 2.75) is 12.8 Å². The summed E-state index contributed by atoms with van der Waals surface area (Å²) in [5, 5.41) is 3.14. The summed E-state index contributed by atoms with van der Waals surface area (Å²) >= 11 is 7.39. The summed E-state index contributed by atoms with van der Waals surface area (Å²) in [4.78, 5) is 18.8. The third kappa shape index (κ3) is 4.38. The maximum Gasteiger partial charge on any atom is 0.233 e. The number of nitrogens with zero attached hydrogens (tertiary/aromatic N) is 2. The second kappa shape index (κ2) is 8.14. The quantitative estimate of drug-likeness (QED) is 0.604. The molecule has 128 valence electrons. The maximum absolute atomic E-state index is 12.9. The number of aryl methyl sites for hydroxylation is 1. The summed E-state index contributed by atoms with van der Waals surface area (Å²) in [6, 6.07) is 15.0. The zero-order chi connectivity index (χ0) is 17.6. The minimum Gasteiger partial charge on any atom is -0.497 e. The van der Waals surface area contributed by atoms with Gasteiger partial charge in [0.25, 0.3) is 0 Å². The summed E-state index contributed by atoms with van der Waals surface area (Å²) in [6.07, 6.45) is 2.69. The largest absolute Gasteiger partial charge is 0.497 e. The summed E-state index contributed by atoms with van der Waals surface area (Å²) in [6.45, 7) is 0. The molecular weight excluding hydrogens is 356 g/mol. The average Bonchev–Trinajstić information content (AvgIpc) is 3.16. The van der Waals surface area contributed by atoms with Crippen LogP contribution in [0.25, 0.3) is 0 Å². The van der Waals surface area contributed by atoms with Crippen LogP contribution >= 0.6 is 22.9 Å². The molecule has 0 bridgehead atoms. The normalized spacial score (nSPS) is 10.5. The van der Waals surface area contributed by atoms with Crippen LogP contribution in [-0.4, -0.2) is 18.0 Å². The van der Waals surface area contributed by atoms with Crippen LogP contribution in [0, 0.1) is 0 Å². The lowest BCUT2D eigenvalue weighted by Crippen LogP contribution is -2.26. The van der Waals surface area contributed by atoms with E-state index in [9.17, 15) is 4.79 Å². The fraction of sp³-hybridized carbons (Fsp3) is 0.158. The number of thiazole rings is 1. The van der Waals surface area contributed by atoms with Crippen molar-refractivity contribution in [2.24, 2.45) is 0 Å². The molecule has 0 atom stereocenters. The van der Waals surface area contributed by atoms with Crippen molar-refractivity contribution in [3.63, 3.8) is 0 Å². The smallest absolute Gasteiger partial charge is 0.233 e. The number of carbonyl (C=O) groups is 1. The number of carbonyl (C=O) groups excluding carboxylic acids is 1. The van der Waals surface area contributed by atoms with Gasteiger partial charge in [0.05, 0.1) is 12.8 Å². The second-order valence-electron chi connectivity index (χ2n) is 5.37. The van der Waals surface area contributed by atoms with Gasteiger partial charge in [-0.2, -0.15) is 0 Å². The minimum atomic E-state index is -0.0138. The van der Waals surface area contributed by atoms with Crippen molar-refractivity contribution in [3.05, 3.63) is 70.7 Å². The fourth-order valence-corrected chi connectivity index (χ4v) is 3.27. The predicted molar refractivity (Wildman–Crippen MR) is 102 cm³/mol. The van der Waals surface area contributed by atoms with Crippen molar-refractivity contribution in [1.29, 1.82) is 0 Å². The van der Waals surface area contributed by atoms with Gasteiger partial charge in [-0.1, -0.05) is 23.7 Å². The van der Waals surface area contributed by atoms with Gasteiger partial charge in [0.15, 0.2) is 5.13 Å². The molecule has 1 aromatic heterocycles. The molecule has 2 aromatic carbocycles. The number of amides is 1. The topological polar surface area (TPSA) is 42.4 Å². The molecule has 0 saturated carbocycles. The van der Waals surface area contributed by atoms with Gasteiger partial charge in [0, 0.05) is 23.0 Å². The van der Waals surface area contributed by atoms with E-state index in [0.29, 0.717) is 23.0 Å². The first-order valence-electron chi connectivity index (χ1n) is 7.78. The number of hydrogen-bond acceptors (Lipinski definition) is 4. The minimum absolute atomic E-state index is 0.0138. The van der Waals surface area contributed by atoms with Crippen LogP contribution < -0.4 is 9.64 Å². The van der Waals surface area contributed by atoms with Crippen molar-refractivity contribution >= 4 is 39.7 Å².